The highest BCUT2D eigenvalue weighted by atomic mass is 127. The van der Waals surface area contributed by atoms with Gasteiger partial charge < -0.3 is 11.1 Å². The van der Waals surface area contributed by atoms with Crippen molar-refractivity contribution in [1.29, 1.82) is 0 Å². The first-order valence-corrected chi connectivity index (χ1v) is 7.89. The van der Waals surface area contributed by atoms with Crippen LogP contribution in [0.3, 0.4) is 0 Å². The highest BCUT2D eigenvalue weighted by Crippen LogP contribution is 2.25. The fraction of sp³-hybridized carbons (Fsp3) is 0.412. The van der Waals surface area contributed by atoms with E-state index in [-0.39, 0.29) is 24.0 Å². The number of benzene rings is 1. The van der Waals surface area contributed by atoms with Crippen molar-refractivity contribution in [2.75, 3.05) is 6.54 Å². The van der Waals surface area contributed by atoms with Gasteiger partial charge in [0.05, 0.1) is 13.1 Å². The molecule has 1 aromatic heterocycles. The summed E-state index contributed by atoms with van der Waals surface area (Å²) < 4.78 is 1.92. The molecule has 23 heavy (non-hydrogen) atoms. The molecule has 124 valence electrons. The van der Waals surface area contributed by atoms with Crippen molar-refractivity contribution in [3.63, 3.8) is 0 Å². The van der Waals surface area contributed by atoms with E-state index >= 15 is 0 Å². The van der Waals surface area contributed by atoms with E-state index in [4.69, 9.17) is 5.73 Å². The van der Waals surface area contributed by atoms with E-state index in [2.05, 4.69) is 27.5 Å². The fourth-order valence-corrected chi connectivity index (χ4v) is 2.61. The van der Waals surface area contributed by atoms with Gasteiger partial charge in [0.25, 0.3) is 0 Å². The van der Waals surface area contributed by atoms with Gasteiger partial charge in [-0.25, -0.2) is 4.99 Å². The molecule has 0 amide bonds. The summed E-state index contributed by atoms with van der Waals surface area (Å²) in [6, 6.07) is 10.2. The molecule has 3 N–H and O–H groups in total. The molecule has 0 spiro atoms. The Balaban J connectivity index is 0.00000192. The van der Waals surface area contributed by atoms with Crippen molar-refractivity contribution in [3.05, 3.63) is 53.9 Å². The number of halogens is 1. The zero-order valence-electron chi connectivity index (χ0n) is 13.2. The second kappa shape index (κ2) is 8.90. The maximum atomic E-state index is 5.96. The van der Waals surface area contributed by atoms with Crippen molar-refractivity contribution >= 4 is 29.9 Å². The lowest BCUT2D eigenvalue weighted by Gasteiger charge is -2.25. The molecule has 5 nitrogen and oxygen atoms in total. The Morgan fingerprint density at radius 2 is 2.04 bits per heavy atom. The molecule has 0 bridgehead atoms. The highest BCUT2D eigenvalue weighted by molar-refractivity contribution is 14.0. The number of nitrogens with one attached hydrogen (secondary N) is 1. The summed E-state index contributed by atoms with van der Waals surface area (Å²) in [6.45, 7) is 2.30. The van der Waals surface area contributed by atoms with Crippen LogP contribution in [0.25, 0.3) is 0 Å². The summed E-state index contributed by atoms with van der Waals surface area (Å²) >= 11 is 0. The lowest BCUT2D eigenvalue weighted by atomic mass is 9.85. The molecule has 0 aliphatic heterocycles. The van der Waals surface area contributed by atoms with Crippen molar-refractivity contribution in [2.24, 2.45) is 16.6 Å². The Labute approximate surface area is 154 Å². The third kappa shape index (κ3) is 5.23. The molecule has 0 atom stereocenters. The van der Waals surface area contributed by atoms with E-state index < -0.39 is 0 Å². The SMILES string of the molecule is I.NC(=NCc1ccccc1Cn1cccn1)NCC1CCC1. The fourth-order valence-electron chi connectivity index (χ4n) is 2.61. The van der Waals surface area contributed by atoms with Gasteiger partial charge in [-0.3, -0.25) is 4.68 Å². The molecule has 1 aliphatic rings. The molecule has 0 radical (unpaired) electrons. The minimum absolute atomic E-state index is 0. The Kier molecular flexibility index (Phi) is 6.88. The van der Waals surface area contributed by atoms with Crippen molar-refractivity contribution in [1.82, 2.24) is 15.1 Å². The van der Waals surface area contributed by atoms with Gasteiger partial charge in [0.15, 0.2) is 5.96 Å². The molecule has 3 rings (SSSR count). The first-order chi connectivity index (χ1) is 10.8. The molecular weight excluding hydrogens is 401 g/mol. The molecule has 0 unspecified atom stereocenters. The molecule has 2 aromatic rings. The number of aromatic nitrogens is 2. The Hall–Kier alpha value is -1.57. The first-order valence-electron chi connectivity index (χ1n) is 7.89. The summed E-state index contributed by atoms with van der Waals surface area (Å²) in [5.41, 5.74) is 8.37. The maximum absolute atomic E-state index is 5.96. The van der Waals surface area contributed by atoms with Gasteiger partial charge in [0, 0.05) is 18.9 Å². The van der Waals surface area contributed by atoms with Crippen LogP contribution in [0.2, 0.25) is 0 Å². The van der Waals surface area contributed by atoms with Crippen LogP contribution >= 0.6 is 24.0 Å². The van der Waals surface area contributed by atoms with Crippen LogP contribution in [0.5, 0.6) is 0 Å². The lowest BCUT2D eigenvalue weighted by molar-refractivity contribution is 0.315. The summed E-state index contributed by atoms with van der Waals surface area (Å²) in [6.07, 6.45) is 7.74. The van der Waals surface area contributed by atoms with Crippen LogP contribution in [-0.4, -0.2) is 22.3 Å². The minimum Gasteiger partial charge on any atom is -0.370 e. The largest absolute Gasteiger partial charge is 0.370 e. The van der Waals surface area contributed by atoms with E-state index in [1.165, 1.54) is 30.4 Å². The predicted octanol–water partition coefficient (Wildman–Crippen LogP) is 2.75. The summed E-state index contributed by atoms with van der Waals surface area (Å²) in [5, 5.41) is 7.49. The van der Waals surface area contributed by atoms with Crippen molar-refractivity contribution in [3.8, 4) is 0 Å². The third-order valence-electron chi connectivity index (χ3n) is 4.23. The second-order valence-electron chi connectivity index (χ2n) is 5.85. The molecule has 1 heterocycles. The van der Waals surface area contributed by atoms with Crippen molar-refractivity contribution in [2.45, 2.75) is 32.4 Å². The summed E-state index contributed by atoms with van der Waals surface area (Å²) in [5.74, 6) is 1.32. The maximum Gasteiger partial charge on any atom is 0.188 e. The summed E-state index contributed by atoms with van der Waals surface area (Å²) in [7, 11) is 0. The molecule has 1 aromatic carbocycles. The molecular formula is C17H24IN5. The number of nitrogens with zero attached hydrogens (tertiary/aromatic N) is 3. The van der Waals surface area contributed by atoms with Crippen LogP contribution in [0.1, 0.15) is 30.4 Å². The zero-order chi connectivity index (χ0) is 15.2. The van der Waals surface area contributed by atoms with Crippen LogP contribution in [0.4, 0.5) is 0 Å². The smallest absolute Gasteiger partial charge is 0.188 e. The average Bonchev–Trinajstić information content (AvgIpc) is 2.98. The van der Waals surface area contributed by atoms with E-state index in [9.17, 15) is 0 Å². The van der Waals surface area contributed by atoms with Crippen molar-refractivity contribution < 1.29 is 0 Å². The Bertz CT molecular complexity index is 620. The average molecular weight is 425 g/mol. The number of rotatable bonds is 6. The number of nitrogens with two attached hydrogens (primary N) is 1. The van der Waals surface area contributed by atoms with Crippen LogP contribution in [-0.2, 0) is 13.1 Å². The van der Waals surface area contributed by atoms with E-state index in [0.29, 0.717) is 12.5 Å². The normalized spacial score (nSPS) is 14.9. The van der Waals surface area contributed by atoms with Crippen LogP contribution in [0.15, 0.2) is 47.7 Å². The minimum atomic E-state index is 0. The number of guanidine groups is 1. The van der Waals surface area contributed by atoms with Gasteiger partial charge in [-0.05, 0) is 36.0 Å². The number of hydrogen-bond donors (Lipinski definition) is 2. The Morgan fingerprint density at radius 1 is 1.26 bits per heavy atom. The molecule has 1 aliphatic carbocycles. The first kappa shape index (κ1) is 17.8. The summed E-state index contributed by atoms with van der Waals surface area (Å²) in [4.78, 5) is 4.47. The van der Waals surface area contributed by atoms with Gasteiger partial charge in [0.2, 0.25) is 0 Å². The molecule has 1 saturated carbocycles. The van der Waals surface area contributed by atoms with Gasteiger partial charge >= 0.3 is 0 Å². The van der Waals surface area contributed by atoms with E-state index in [1.807, 2.05) is 29.1 Å². The van der Waals surface area contributed by atoms with Gasteiger partial charge in [0.1, 0.15) is 0 Å². The third-order valence-corrected chi connectivity index (χ3v) is 4.23. The monoisotopic (exact) mass is 425 g/mol. The standard InChI is InChI=1S/C17H23N5.HI/c18-17(19-11-14-5-3-6-14)20-12-15-7-1-2-8-16(15)13-22-10-4-9-21-22;/h1-2,4,7-10,14H,3,5-6,11-13H2,(H3,18,19,20);1H. The van der Waals surface area contributed by atoms with Gasteiger partial charge in [-0.15, -0.1) is 24.0 Å². The van der Waals surface area contributed by atoms with Crippen LogP contribution < -0.4 is 11.1 Å². The lowest BCUT2D eigenvalue weighted by Crippen LogP contribution is -2.37. The number of hydrogen-bond acceptors (Lipinski definition) is 2. The molecule has 0 saturated heterocycles. The quantitative estimate of drug-likeness (QED) is 0.425. The molecule has 1 fully saturated rings. The number of aliphatic imine (C=N–C) groups is 1. The van der Waals surface area contributed by atoms with E-state index in [0.717, 1.165) is 19.0 Å². The highest BCUT2D eigenvalue weighted by Gasteiger charge is 2.16. The zero-order valence-corrected chi connectivity index (χ0v) is 15.5. The molecule has 6 heteroatoms. The van der Waals surface area contributed by atoms with Gasteiger partial charge in [-0.1, -0.05) is 30.7 Å². The van der Waals surface area contributed by atoms with Crippen LogP contribution in [0, 0.1) is 5.92 Å². The van der Waals surface area contributed by atoms with Gasteiger partial charge in [-0.2, -0.15) is 5.10 Å². The topological polar surface area (TPSA) is 68.2 Å². The predicted molar refractivity (Wildman–Crippen MR) is 104 cm³/mol. The van der Waals surface area contributed by atoms with E-state index in [1.54, 1.807) is 6.20 Å². The Morgan fingerprint density at radius 3 is 2.70 bits per heavy atom. The second-order valence-corrected chi connectivity index (χ2v) is 5.85.